The van der Waals surface area contributed by atoms with Crippen molar-refractivity contribution in [2.24, 2.45) is 4.99 Å². The first-order chi connectivity index (χ1) is 11.8. The smallest absolute Gasteiger partial charge is 0.410 e. The predicted octanol–water partition coefficient (Wildman–Crippen LogP) is 2.10. The van der Waals surface area contributed by atoms with Crippen LogP contribution in [0.1, 0.15) is 20.8 Å². The van der Waals surface area contributed by atoms with E-state index in [4.69, 9.17) is 9.47 Å². The van der Waals surface area contributed by atoms with Crippen LogP contribution in [0.25, 0.3) is 0 Å². The molecule has 0 bridgehead atoms. The van der Waals surface area contributed by atoms with Crippen molar-refractivity contribution in [1.82, 2.24) is 15.5 Å². The van der Waals surface area contributed by atoms with Crippen molar-refractivity contribution < 1.29 is 14.3 Å². The normalized spacial score (nSPS) is 11.6. The average Bonchev–Trinajstić information content (AvgIpc) is 2.56. The molecule has 0 fully saturated rings. The summed E-state index contributed by atoms with van der Waals surface area (Å²) in [4.78, 5) is 17.5. The quantitative estimate of drug-likeness (QED) is 0.447. The monoisotopic (exact) mass is 350 g/mol. The van der Waals surface area contributed by atoms with Gasteiger partial charge < -0.3 is 25.0 Å². The van der Waals surface area contributed by atoms with E-state index in [2.05, 4.69) is 15.6 Å². The first-order valence-electron chi connectivity index (χ1n) is 8.38. The first kappa shape index (κ1) is 20.6. The Labute approximate surface area is 150 Å². The van der Waals surface area contributed by atoms with Gasteiger partial charge in [0.25, 0.3) is 0 Å². The largest absolute Gasteiger partial charge is 0.492 e. The number of nitrogens with zero attached hydrogens (tertiary/aromatic N) is 2. The van der Waals surface area contributed by atoms with Crippen molar-refractivity contribution in [2.45, 2.75) is 26.4 Å². The van der Waals surface area contributed by atoms with E-state index >= 15 is 0 Å². The third-order valence-corrected chi connectivity index (χ3v) is 3.07. The summed E-state index contributed by atoms with van der Waals surface area (Å²) in [5.74, 6) is 1.50. The van der Waals surface area contributed by atoms with E-state index in [1.807, 2.05) is 51.1 Å². The zero-order valence-corrected chi connectivity index (χ0v) is 15.8. The standard InChI is InChI=1S/C18H30N4O3/c1-18(2,3)25-17(23)22(5)13-11-20-16(19-4)21-12-14-24-15-9-7-6-8-10-15/h6-10H,11-14H2,1-5H3,(H2,19,20,21). The molecule has 0 aliphatic carbocycles. The fraction of sp³-hybridized carbons (Fsp3) is 0.556. The van der Waals surface area contributed by atoms with E-state index in [0.717, 1.165) is 5.75 Å². The van der Waals surface area contributed by atoms with Crippen LogP contribution in [0.2, 0.25) is 0 Å². The van der Waals surface area contributed by atoms with Gasteiger partial charge in [0, 0.05) is 27.2 Å². The van der Waals surface area contributed by atoms with E-state index in [9.17, 15) is 4.79 Å². The van der Waals surface area contributed by atoms with Gasteiger partial charge in [0.2, 0.25) is 0 Å². The van der Waals surface area contributed by atoms with Gasteiger partial charge in [0.15, 0.2) is 5.96 Å². The molecule has 140 valence electrons. The number of hydrogen-bond acceptors (Lipinski definition) is 4. The number of amides is 1. The minimum absolute atomic E-state index is 0.339. The third-order valence-electron chi connectivity index (χ3n) is 3.07. The number of carbonyl (C=O) groups is 1. The molecular formula is C18H30N4O3. The maximum absolute atomic E-state index is 11.9. The van der Waals surface area contributed by atoms with Crippen molar-refractivity contribution in [3.8, 4) is 5.75 Å². The Morgan fingerprint density at radius 1 is 1.16 bits per heavy atom. The van der Waals surface area contributed by atoms with E-state index in [0.29, 0.717) is 32.2 Å². The summed E-state index contributed by atoms with van der Waals surface area (Å²) in [5, 5.41) is 6.31. The molecule has 1 aromatic rings. The van der Waals surface area contributed by atoms with E-state index < -0.39 is 5.60 Å². The predicted molar refractivity (Wildman–Crippen MR) is 100 cm³/mol. The molecule has 25 heavy (non-hydrogen) atoms. The maximum atomic E-state index is 11.9. The molecule has 0 radical (unpaired) electrons. The second kappa shape index (κ2) is 10.4. The number of benzene rings is 1. The summed E-state index contributed by atoms with van der Waals surface area (Å²) >= 11 is 0. The molecule has 2 N–H and O–H groups in total. The molecule has 0 saturated heterocycles. The van der Waals surface area contributed by atoms with Gasteiger partial charge in [-0.15, -0.1) is 0 Å². The van der Waals surface area contributed by atoms with Crippen LogP contribution in [0.3, 0.4) is 0 Å². The molecule has 0 spiro atoms. The molecule has 7 heteroatoms. The average molecular weight is 350 g/mol. The van der Waals surface area contributed by atoms with Gasteiger partial charge in [-0.25, -0.2) is 4.79 Å². The summed E-state index contributed by atoms with van der Waals surface area (Å²) in [6.45, 7) is 7.77. The van der Waals surface area contributed by atoms with Crippen LogP contribution >= 0.6 is 0 Å². The highest BCUT2D eigenvalue weighted by Crippen LogP contribution is 2.08. The van der Waals surface area contributed by atoms with E-state index in [1.165, 1.54) is 4.90 Å². The number of carbonyl (C=O) groups excluding carboxylic acids is 1. The van der Waals surface area contributed by atoms with Crippen molar-refractivity contribution >= 4 is 12.1 Å². The number of rotatable bonds is 7. The van der Waals surface area contributed by atoms with E-state index in [-0.39, 0.29) is 6.09 Å². The summed E-state index contributed by atoms with van der Waals surface area (Å²) in [5.41, 5.74) is -0.491. The molecule has 0 aliphatic heterocycles. The van der Waals surface area contributed by atoms with Gasteiger partial charge in [0.05, 0.1) is 6.54 Å². The van der Waals surface area contributed by atoms with Crippen molar-refractivity contribution in [2.75, 3.05) is 40.3 Å². The third kappa shape index (κ3) is 9.44. The second-order valence-corrected chi connectivity index (χ2v) is 6.49. The molecule has 1 amide bonds. The molecule has 1 aromatic carbocycles. The summed E-state index contributed by atoms with van der Waals surface area (Å²) in [7, 11) is 3.41. The summed E-state index contributed by atoms with van der Waals surface area (Å²) in [6.07, 6.45) is -0.339. The molecule has 0 saturated carbocycles. The molecule has 7 nitrogen and oxygen atoms in total. The van der Waals surface area contributed by atoms with Crippen LogP contribution in [-0.4, -0.2) is 62.9 Å². The number of likely N-dealkylation sites (N-methyl/N-ethyl adjacent to an activating group) is 1. The Morgan fingerprint density at radius 3 is 2.40 bits per heavy atom. The molecule has 0 aromatic heterocycles. The van der Waals surface area contributed by atoms with Crippen molar-refractivity contribution in [3.05, 3.63) is 30.3 Å². The number of guanidine groups is 1. The zero-order chi connectivity index (χ0) is 18.7. The number of nitrogens with one attached hydrogen (secondary N) is 2. The van der Waals surface area contributed by atoms with Gasteiger partial charge in [-0.3, -0.25) is 4.99 Å². The Balaban J connectivity index is 2.20. The lowest BCUT2D eigenvalue weighted by Gasteiger charge is -2.24. The lowest BCUT2D eigenvalue weighted by Crippen LogP contribution is -2.44. The highest BCUT2D eigenvalue weighted by atomic mass is 16.6. The van der Waals surface area contributed by atoms with Gasteiger partial charge in [-0.05, 0) is 32.9 Å². The number of ether oxygens (including phenoxy) is 2. The molecule has 0 heterocycles. The Bertz CT molecular complexity index is 541. The number of aliphatic imine (C=N–C) groups is 1. The van der Waals surface area contributed by atoms with Crippen LogP contribution < -0.4 is 15.4 Å². The molecule has 0 aliphatic rings. The van der Waals surface area contributed by atoms with Crippen LogP contribution in [0.5, 0.6) is 5.75 Å². The van der Waals surface area contributed by atoms with Crippen LogP contribution in [0.15, 0.2) is 35.3 Å². The molecular weight excluding hydrogens is 320 g/mol. The fourth-order valence-electron chi connectivity index (χ4n) is 1.85. The molecule has 0 unspecified atom stereocenters. The Morgan fingerprint density at radius 2 is 1.80 bits per heavy atom. The summed E-state index contributed by atoms with van der Waals surface area (Å²) < 4.78 is 10.9. The fourth-order valence-corrected chi connectivity index (χ4v) is 1.85. The minimum Gasteiger partial charge on any atom is -0.492 e. The van der Waals surface area contributed by atoms with Crippen molar-refractivity contribution in [3.63, 3.8) is 0 Å². The number of para-hydroxylation sites is 1. The lowest BCUT2D eigenvalue weighted by atomic mass is 10.2. The van der Waals surface area contributed by atoms with Crippen molar-refractivity contribution in [1.29, 1.82) is 0 Å². The highest BCUT2D eigenvalue weighted by molar-refractivity contribution is 5.79. The molecule has 0 atom stereocenters. The minimum atomic E-state index is -0.491. The Kier molecular flexibility index (Phi) is 8.60. The second-order valence-electron chi connectivity index (χ2n) is 6.49. The maximum Gasteiger partial charge on any atom is 0.410 e. The van der Waals surface area contributed by atoms with Gasteiger partial charge in [-0.2, -0.15) is 0 Å². The SMILES string of the molecule is CN=C(NCCOc1ccccc1)NCCN(C)C(=O)OC(C)(C)C. The molecule has 1 rings (SSSR count). The van der Waals surface area contributed by atoms with Gasteiger partial charge in [0.1, 0.15) is 18.0 Å². The van der Waals surface area contributed by atoms with Crippen LogP contribution in [-0.2, 0) is 4.74 Å². The summed E-state index contributed by atoms with van der Waals surface area (Å²) in [6, 6.07) is 9.65. The van der Waals surface area contributed by atoms with Crippen LogP contribution in [0, 0.1) is 0 Å². The van der Waals surface area contributed by atoms with E-state index in [1.54, 1.807) is 14.1 Å². The Hall–Kier alpha value is -2.44. The lowest BCUT2D eigenvalue weighted by molar-refractivity contribution is 0.0302. The van der Waals surface area contributed by atoms with Gasteiger partial charge in [-0.1, -0.05) is 18.2 Å². The number of hydrogen-bond donors (Lipinski definition) is 2. The van der Waals surface area contributed by atoms with Crippen LogP contribution in [0.4, 0.5) is 4.79 Å². The first-order valence-corrected chi connectivity index (χ1v) is 8.38. The highest BCUT2D eigenvalue weighted by Gasteiger charge is 2.19. The van der Waals surface area contributed by atoms with Gasteiger partial charge >= 0.3 is 6.09 Å². The zero-order valence-electron chi connectivity index (χ0n) is 15.8. The topological polar surface area (TPSA) is 75.2 Å².